The standard InChI is InChI=1S/C20H21NO4/c1-25-19(23)15-9-7-14(8-10-15)18(22)21-13-20(24,17-11-12-17)16-5-3-2-4-6-16/h2-10,17,24H,11-13H2,1H3,(H,21,22)/t20-/m1/s1. The monoisotopic (exact) mass is 339 g/mol. The van der Waals surface area contributed by atoms with Gasteiger partial charge in [0.1, 0.15) is 5.60 Å². The number of methoxy groups -OCH3 is 1. The zero-order chi connectivity index (χ0) is 17.9. The highest BCUT2D eigenvalue weighted by atomic mass is 16.5. The molecule has 0 saturated heterocycles. The highest BCUT2D eigenvalue weighted by Gasteiger charge is 2.45. The molecule has 0 heterocycles. The molecule has 1 aliphatic carbocycles. The van der Waals surface area contributed by atoms with Crippen LogP contribution in [0.3, 0.4) is 0 Å². The molecule has 0 aliphatic heterocycles. The van der Waals surface area contributed by atoms with E-state index in [0.717, 1.165) is 18.4 Å². The van der Waals surface area contributed by atoms with Gasteiger partial charge in [-0.3, -0.25) is 4.79 Å². The van der Waals surface area contributed by atoms with Crippen LogP contribution in [-0.4, -0.2) is 30.6 Å². The molecule has 1 aliphatic rings. The second-order valence-corrected chi connectivity index (χ2v) is 6.32. The van der Waals surface area contributed by atoms with E-state index in [1.807, 2.05) is 30.3 Å². The van der Waals surface area contributed by atoms with Crippen LogP contribution in [0, 0.1) is 5.92 Å². The predicted molar refractivity (Wildman–Crippen MR) is 93.2 cm³/mol. The van der Waals surface area contributed by atoms with Gasteiger partial charge in [-0.05, 0) is 48.6 Å². The maximum absolute atomic E-state index is 12.4. The van der Waals surface area contributed by atoms with Crippen molar-refractivity contribution < 1.29 is 19.4 Å². The lowest BCUT2D eigenvalue weighted by Crippen LogP contribution is -2.42. The number of ether oxygens (including phenoxy) is 1. The second kappa shape index (κ2) is 7.07. The zero-order valence-corrected chi connectivity index (χ0v) is 14.1. The number of benzene rings is 2. The molecule has 130 valence electrons. The summed E-state index contributed by atoms with van der Waals surface area (Å²) in [5.41, 5.74) is 0.582. The molecular formula is C20H21NO4. The summed E-state index contributed by atoms with van der Waals surface area (Å²) in [7, 11) is 1.31. The first-order valence-corrected chi connectivity index (χ1v) is 8.29. The predicted octanol–water partition coefficient (Wildman–Crippen LogP) is 2.50. The van der Waals surface area contributed by atoms with E-state index in [-0.39, 0.29) is 18.4 Å². The van der Waals surface area contributed by atoms with E-state index in [0.29, 0.717) is 11.1 Å². The van der Waals surface area contributed by atoms with E-state index in [1.165, 1.54) is 7.11 Å². The van der Waals surface area contributed by atoms with Crippen molar-refractivity contribution in [1.29, 1.82) is 0 Å². The van der Waals surface area contributed by atoms with Crippen molar-refractivity contribution in [2.24, 2.45) is 5.92 Å². The molecule has 1 saturated carbocycles. The van der Waals surface area contributed by atoms with E-state index in [9.17, 15) is 14.7 Å². The van der Waals surface area contributed by atoms with Crippen molar-refractivity contribution in [2.45, 2.75) is 18.4 Å². The number of aliphatic hydroxyl groups is 1. The summed E-state index contributed by atoms with van der Waals surface area (Å²) in [6, 6.07) is 15.7. The average Bonchev–Trinajstić information content (AvgIpc) is 3.51. The van der Waals surface area contributed by atoms with Crippen molar-refractivity contribution in [1.82, 2.24) is 5.32 Å². The van der Waals surface area contributed by atoms with Crippen LogP contribution in [0.15, 0.2) is 54.6 Å². The van der Waals surface area contributed by atoms with Crippen LogP contribution >= 0.6 is 0 Å². The summed E-state index contributed by atoms with van der Waals surface area (Å²) < 4.78 is 4.64. The molecule has 3 rings (SSSR count). The minimum absolute atomic E-state index is 0.152. The van der Waals surface area contributed by atoms with E-state index in [2.05, 4.69) is 10.1 Å². The van der Waals surface area contributed by atoms with Gasteiger partial charge in [0.05, 0.1) is 19.2 Å². The summed E-state index contributed by atoms with van der Waals surface area (Å²) in [6.07, 6.45) is 1.91. The Morgan fingerprint density at radius 2 is 1.68 bits per heavy atom. The van der Waals surface area contributed by atoms with Gasteiger partial charge in [0.25, 0.3) is 5.91 Å². The van der Waals surface area contributed by atoms with E-state index in [1.54, 1.807) is 24.3 Å². The molecule has 2 aromatic rings. The van der Waals surface area contributed by atoms with Crippen molar-refractivity contribution in [3.63, 3.8) is 0 Å². The molecule has 1 fully saturated rings. The van der Waals surface area contributed by atoms with Crippen LogP contribution in [0.2, 0.25) is 0 Å². The number of rotatable bonds is 6. The lowest BCUT2D eigenvalue weighted by Gasteiger charge is -2.29. The first-order valence-electron chi connectivity index (χ1n) is 8.29. The third-order valence-corrected chi connectivity index (χ3v) is 4.61. The minimum Gasteiger partial charge on any atom is -0.465 e. The normalized spacial score (nSPS) is 15.9. The molecule has 25 heavy (non-hydrogen) atoms. The van der Waals surface area contributed by atoms with E-state index in [4.69, 9.17) is 0 Å². The Balaban J connectivity index is 1.69. The Hall–Kier alpha value is -2.66. The fraction of sp³-hybridized carbons (Fsp3) is 0.300. The van der Waals surface area contributed by atoms with E-state index >= 15 is 0 Å². The lowest BCUT2D eigenvalue weighted by atomic mass is 9.88. The number of hydrogen-bond acceptors (Lipinski definition) is 4. The van der Waals surface area contributed by atoms with Crippen LogP contribution in [0.1, 0.15) is 39.1 Å². The van der Waals surface area contributed by atoms with Gasteiger partial charge in [0, 0.05) is 5.56 Å². The van der Waals surface area contributed by atoms with Crippen LogP contribution < -0.4 is 5.32 Å². The van der Waals surface area contributed by atoms with Crippen LogP contribution in [0.25, 0.3) is 0 Å². The average molecular weight is 339 g/mol. The Kier molecular flexibility index (Phi) is 4.86. The molecule has 1 atom stereocenters. The molecule has 0 aromatic heterocycles. The number of hydrogen-bond donors (Lipinski definition) is 2. The van der Waals surface area contributed by atoms with Crippen LogP contribution in [0.5, 0.6) is 0 Å². The minimum atomic E-state index is -1.05. The van der Waals surface area contributed by atoms with Gasteiger partial charge >= 0.3 is 5.97 Å². The topological polar surface area (TPSA) is 75.6 Å². The van der Waals surface area contributed by atoms with E-state index < -0.39 is 11.6 Å². The smallest absolute Gasteiger partial charge is 0.337 e. The van der Waals surface area contributed by atoms with Gasteiger partial charge in [-0.2, -0.15) is 0 Å². The summed E-state index contributed by atoms with van der Waals surface area (Å²) in [5, 5.41) is 13.9. The highest BCUT2D eigenvalue weighted by Crippen LogP contribution is 2.45. The first kappa shape index (κ1) is 17.2. The fourth-order valence-electron chi connectivity index (χ4n) is 2.96. The number of carbonyl (C=O) groups is 2. The quantitative estimate of drug-likeness (QED) is 0.793. The second-order valence-electron chi connectivity index (χ2n) is 6.32. The number of esters is 1. The summed E-state index contributed by atoms with van der Waals surface area (Å²) >= 11 is 0. The Morgan fingerprint density at radius 1 is 1.08 bits per heavy atom. The summed E-state index contributed by atoms with van der Waals surface area (Å²) in [5.74, 6) is -0.567. The molecule has 0 spiro atoms. The molecule has 0 unspecified atom stereocenters. The van der Waals surface area contributed by atoms with Crippen molar-refractivity contribution in [3.8, 4) is 0 Å². The summed E-state index contributed by atoms with van der Waals surface area (Å²) in [6.45, 7) is 0.152. The molecule has 0 bridgehead atoms. The third-order valence-electron chi connectivity index (χ3n) is 4.61. The zero-order valence-electron chi connectivity index (χ0n) is 14.1. The highest BCUT2D eigenvalue weighted by molar-refractivity contribution is 5.96. The number of amides is 1. The first-order chi connectivity index (χ1) is 12.0. The lowest BCUT2D eigenvalue weighted by molar-refractivity contribution is 0.0135. The van der Waals surface area contributed by atoms with Crippen molar-refractivity contribution >= 4 is 11.9 Å². The van der Waals surface area contributed by atoms with Gasteiger partial charge in [-0.15, -0.1) is 0 Å². The van der Waals surface area contributed by atoms with Gasteiger partial charge in [0.15, 0.2) is 0 Å². The molecular weight excluding hydrogens is 318 g/mol. The Labute approximate surface area is 146 Å². The maximum Gasteiger partial charge on any atom is 0.337 e. The van der Waals surface area contributed by atoms with Crippen LogP contribution in [0.4, 0.5) is 0 Å². The van der Waals surface area contributed by atoms with Gasteiger partial charge in [0.2, 0.25) is 0 Å². The largest absolute Gasteiger partial charge is 0.465 e. The van der Waals surface area contributed by atoms with Crippen LogP contribution in [-0.2, 0) is 10.3 Å². The molecule has 2 N–H and O–H groups in total. The van der Waals surface area contributed by atoms with Crippen molar-refractivity contribution in [2.75, 3.05) is 13.7 Å². The summed E-state index contributed by atoms with van der Waals surface area (Å²) in [4.78, 5) is 23.8. The SMILES string of the molecule is COC(=O)c1ccc(C(=O)NC[C@@](O)(c2ccccc2)C2CC2)cc1. The number of nitrogens with one attached hydrogen (secondary N) is 1. The van der Waals surface area contributed by atoms with Crippen molar-refractivity contribution in [3.05, 3.63) is 71.3 Å². The molecule has 0 radical (unpaired) electrons. The van der Waals surface area contributed by atoms with Gasteiger partial charge < -0.3 is 15.2 Å². The molecule has 1 amide bonds. The molecule has 2 aromatic carbocycles. The molecule has 5 nitrogen and oxygen atoms in total. The van der Waals surface area contributed by atoms with Gasteiger partial charge in [-0.25, -0.2) is 4.79 Å². The number of carbonyl (C=O) groups excluding carboxylic acids is 2. The van der Waals surface area contributed by atoms with Gasteiger partial charge in [-0.1, -0.05) is 30.3 Å². The third kappa shape index (κ3) is 3.72. The molecule has 5 heteroatoms. The Bertz CT molecular complexity index is 753. The fourth-order valence-corrected chi connectivity index (χ4v) is 2.96. The Morgan fingerprint density at radius 3 is 2.24 bits per heavy atom. The maximum atomic E-state index is 12.4.